The summed E-state index contributed by atoms with van der Waals surface area (Å²) >= 11 is 0. The van der Waals surface area contributed by atoms with Crippen molar-refractivity contribution in [2.45, 2.75) is 19.4 Å². The summed E-state index contributed by atoms with van der Waals surface area (Å²) in [4.78, 5) is 33.8. The first-order valence-corrected chi connectivity index (χ1v) is 9.08. The Bertz CT molecular complexity index is 885. The van der Waals surface area contributed by atoms with Gasteiger partial charge in [0.05, 0.1) is 19.2 Å². The van der Waals surface area contributed by atoms with Crippen molar-refractivity contribution >= 4 is 17.4 Å². The minimum Gasteiger partial charge on any atom is -0.497 e. The molecule has 2 aliphatic rings. The SMILES string of the molecule is COc1ccc(C2=C(N3CCCC3)C(=O)N(Cc3ccncc3)C2=O)cc1. The minimum atomic E-state index is -0.246. The third kappa shape index (κ3) is 3.18. The second-order valence-electron chi connectivity index (χ2n) is 6.70. The van der Waals surface area contributed by atoms with E-state index in [1.807, 2.05) is 41.3 Å². The Labute approximate surface area is 158 Å². The number of carbonyl (C=O) groups excluding carboxylic acids is 2. The lowest BCUT2D eigenvalue weighted by atomic mass is 10.0. The van der Waals surface area contributed by atoms with Gasteiger partial charge in [-0.05, 0) is 48.2 Å². The zero-order valence-electron chi connectivity index (χ0n) is 15.2. The molecule has 0 aliphatic carbocycles. The number of rotatable bonds is 5. The number of pyridine rings is 1. The first-order valence-electron chi connectivity index (χ1n) is 9.08. The first kappa shape index (κ1) is 17.3. The van der Waals surface area contributed by atoms with Crippen molar-refractivity contribution in [3.8, 4) is 5.75 Å². The predicted molar refractivity (Wildman–Crippen MR) is 101 cm³/mol. The fourth-order valence-electron chi connectivity index (χ4n) is 3.63. The van der Waals surface area contributed by atoms with Crippen LogP contribution in [-0.4, -0.2) is 46.8 Å². The molecule has 3 heterocycles. The molecule has 0 spiro atoms. The van der Waals surface area contributed by atoms with E-state index in [9.17, 15) is 9.59 Å². The zero-order chi connectivity index (χ0) is 18.8. The molecular weight excluding hydrogens is 342 g/mol. The molecule has 0 N–H and O–H groups in total. The lowest BCUT2D eigenvalue weighted by Gasteiger charge is -2.20. The fourth-order valence-corrected chi connectivity index (χ4v) is 3.63. The largest absolute Gasteiger partial charge is 0.497 e. The van der Waals surface area contributed by atoms with Crippen LogP contribution in [0.2, 0.25) is 0 Å². The number of likely N-dealkylation sites (tertiary alicyclic amines) is 1. The van der Waals surface area contributed by atoms with Gasteiger partial charge >= 0.3 is 0 Å². The first-order chi connectivity index (χ1) is 13.2. The molecule has 2 amide bonds. The number of benzene rings is 1. The van der Waals surface area contributed by atoms with Gasteiger partial charge in [0.1, 0.15) is 11.4 Å². The van der Waals surface area contributed by atoms with Gasteiger partial charge in [0, 0.05) is 25.5 Å². The van der Waals surface area contributed by atoms with Crippen LogP contribution in [0.15, 0.2) is 54.5 Å². The molecule has 138 valence electrons. The van der Waals surface area contributed by atoms with Gasteiger partial charge in [0.15, 0.2) is 0 Å². The summed E-state index contributed by atoms with van der Waals surface area (Å²) < 4.78 is 5.21. The second kappa shape index (κ2) is 7.23. The highest BCUT2D eigenvalue weighted by Crippen LogP contribution is 2.34. The molecule has 2 aliphatic heterocycles. The molecule has 0 radical (unpaired) electrons. The highest BCUT2D eigenvalue weighted by atomic mass is 16.5. The third-order valence-corrected chi connectivity index (χ3v) is 5.03. The number of amides is 2. The number of methoxy groups -OCH3 is 1. The summed E-state index contributed by atoms with van der Waals surface area (Å²) in [6.07, 6.45) is 5.40. The number of hydrogen-bond donors (Lipinski definition) is 0. The summed E-state index contributed by atoms with van der Waals surface area (Å²) in [6, 6.07) is 10.9. The van der Waals surface area contributed by atoms with E-state index in [0.717, 1.165) is 37.1 Å². The molecule has 0 saturated carbocycles. The number of imide groups is 1. The molecule has 1 saturated heterocycles. The van der Waals surface area contributed by atoms with E-state index in [2.05, 4.69) is 4.98 Å². The molecule has 6 nitrogen and oxygen atoms in total. The summed E-state index contributed by atoms with van der Waals surface area (Å²) in [5.74, 6) is 0.251. The van der Waals surface area contributed by atoms with E-state index in [4.69, 9.17) is 4.74 Å². The molecule has 4 rings (SSSR count). The normalized spacial score (nSPS) is 17.2. The maximum atomic E-state index is 13.2. The standard InChI is InChI=1S/C21H21N3O3/c1-27-17-6-4-16(5-7-17)18-19(23-12-2-3-13-23)21(26)24(20(18)25)14-15-8-10-22-11-9-15/h4-11H,2-3,12-14H2,1H3. The van der Waals surface area contributed by atoms with E-state index in [1.54, 1.807) is 19.5 Å². The molecule has 0 unspecified atom stereocenters. The van der Waals surface area contributed by atoms with E-state index >= 15 is 0 Å². The quantitative estimate of drug-likeness (QED) is 0.764. The average molecular weight is 363 g/mol. The van der Waals surface area contributed by atoms with E-state index in [0.29, 0.717) is 17.0 Å². The van der Waals surface area contributed by atoms with Gasteiger partial charge in [-0.25, -0.2) is 0 Å². The Morgan fingerprint density at radius 2 is 1.63 bits per heavy atom. The van der Waals surface area contributed by atoms with Crippen LogP contribution in [0.25, 0.3) is 5.57 Å². The van der Waals surface area contributed by atoms with Crippen molar-refractivity contribution < 1.29 is 14.3 Å². The van der Waals surface area contributed by atoms with Crippen LogP contribution in [0.5, 0.6) is 5.75 Å². The van der Waals surface area contributed by atoms with Gasteiger partial charge in [-0.15, -0.1) is 0 Å². The maximum absolute atomic E-state index is 13.2. The zero-order valence-corrected chi connectivity index (χ0v) is 15.2. The second-order valence-corrected chi connectivity index (χ2v) is 6.70. The average Bonchev–Trinajstić information content (AvgIpc) is 3.31. The smallest absolute Gasteiger partial charge is 0.278 e. The summed E-state index contributed by atoms with van der Waals surface area (Å²) in [7, 11) is 1.60. The third-order valence-electron chi connectivity index (χ3n) is 5.03. The molecule has 0 atom stereocenters. The van der Waals surface area contributed by atoms with Crippen LogP contribution in [0.1, 0.15) is 24.0 Å². The van der Waals surface area contributed by atoms with E-state index in [-0.39, 0.29) is 18.4 Å². The maximum Gasteiger partial charge on any atom is 0.278 e. The van der Waals surface area contributed by atoms with Gasteiger partial charge in [-0.3, -0.25) is 19.5 Å². The molecular formula is C21H21N3O3. The minimum absolute atomic E-state index is 0.218. The topological polar surface area (TPSA) is 62.7 Å². The van der Waals surface area contributed by atoms with Gasteiger partial charge in [0.2, 0.25) is 0 Å². The lowest BCUT2D eigenvalue weighted by molar-refractivity contribution is -0.138. The Morgan fingerprint density at radius 3 is 2.26 bits per heavy atom. The monoisotopic (exact) mass is 363 g/mol. The van der Waals surface area contributed by atoms with Crippen LogP contribution in [-0.2, 0) is 16.1 Å². The van der Waals surface area contributed by atoms with Crippen molar-refractivity contribution in [1.29, 1.82) is 0 Å². The highest BCUT2D eigenvalue weighted by Gasteiger charge is 2.42. The fraction of sp³-hybridized carbons (Fsp3) is 0.286. The molecule has 27 heavy (non-hydrogen) atoms. The van der Waals surface area contributed by atoms with Crippen molar-refractivity contribution in [2.24, 2.45) is 0 Å². The Kier molecular flexibility index (Phi) is 4.62. The lowest BCUT2D eigenvalue weighted by Crippen LogP contribution is -2.34. The van der Waals surface area contributed by atoms with Crippen LogP contribution in [0.4, 0.5) is 0 Å². The van der Waals surface area contributed by atoms with Crippen LogP contribution in [0, 0.1) is 0 Å². The number of nitrogens with zero attached hydrogens (tertiary/aromatic N) is 3. The van der Waals surface area contributed by atoms with E-state index < -0.39 is 0 Å². The molecule has 1 aromatic heterocycles. The number of hydrogen-bond acceptors (Lipinski definition) is 5. The van der Waals surface area contributed by atoms with Gasteiger partial charge in [0.25, 0.3) is 11.8 Å². The van der Waals surface area contributed by atoms with E-state index in [1.165, 1.54) is 4.90 Å². The van der Waals surface area contributed by atoms with Gasteiger partial charge in [-0.1, -0.05) is 12.1 Å². The highest BCUT2D eigenvalue weighted by molar-refractivity contribution is 6.35. The molecule has 2 aromatic rings. The van der Waals surface area contributed by atoms with Crippen LogP contribution < -0.4 is 4.74 Å². The van der Waals surface area contributed by atoms with Crippen molar-refractivity contribution in [3.05, 3.63) is 65.6 Å². The summed E-state index contributed by atoms with van der Waals surface area (Å²) in [5, 5.41) is 0. The Balaban J connectivity index is 1.73. The number of aromatic nitrogens is 1. The van der Waals surface area contributed by atoms with Crippen molar-refractivity contribution in [3.63, 3.8) is 0 Å². The molecule has 1 fully saturated rings. The Hall–Kier alpha value is -3.15. The van der Waals surface area contributed by atoms with Gasteiger partial charge < -0.3 is 9.64 Å². The van der Waals surface area contributed by atoms with Crippen LogP contribution >= 0.6 is 0 Å². The number of carbonyl (C=O) groups is 2. The molecule has 1 aromatic carbocycles. The predicted octanol–water partition coefficient (Wildman–Crippen LogP) is 2.47. The summed E-state index contributed by atoms with van der Waals surface area (Å²) in [6.45, 7) is 1.85. The van der Waals surface area contributed by atoms with Crippen molar-refractivity contribution in [2.75, 3.05) is 20.2 Å². The van der Waals surface area contributed by atoms with Gasteiger partial charge in [-0.2, -0.15) is 0 Å². The number of ether oxygens (including phenoxy) is 1. The van der Waals surface area contributed by atoms with Crippen molar-refractivity contribution in [1.82, 2.24) is 14.8 Å². The molecule has 0 bridgehead atoms. The Morgan fingerprint density at radius 1 is 0.963 bits per heavy atom. The summed E-state index contributed by atoms with van der Waals surface area (Å²) in [5.41, 5.74) is 2.63. The van der Waals surface area contributed by atoms with Crippen LogP contribution in [0.3, 0.4) is 0 Å². The molecule has 6 heteroatoms.